The Balaban J connectivity index is 2.46. The first-order chi connectivity index (χ1) is 15.0. The zero-order chi connectivity index (χ0) is 24.1. The van der Waals surface area contributed by atoms with E-state index < -0.39 is 28.5 Å². The van der Waals surface area contributed by atoms with Crippen LogP contribution in [0.2, 0.25) is 5.02 Å². The van der Waals surface area contributed by atoms with Gasteiger partial charge in [-0.3, -0.25) is 13.9 Å². The third-order valence-electron chi connectivity index (χ3n) is 5.42. The number of sulfonamides is 1. The van der Waals surface area contributed by atoms with Gasteiger partial charge in [0.1, 0.15) is 12.6 Å². The van der Waals surface area contributed by atoms with Crippen LogP contribution in [0.25, 0.3) is 0 Å². The normalized spacial score (nSPS) is 12.2. The van der Waals surface area contributed by atoms with Gasteiger partial charge in [0.25, 0.3) is 0 Å². The summed E-state index contributed by atoms with van der Waals surface area (Å²) in [5.74, 6) is -0.783. The van der Waals surface area contributed by atoms with E-state index in [9.17, 15) is 18.0 Å². The first-order valence-electron chi connectivity index (χ1n) is 10.3. The van der Waals surface area contributed by atoms with Gasteiger partial charge in [0.15, 0.2) is 0 Å². The van der Waals surface area contributed by atoms with E-state index >= 15 is 0 Å². The van der Waals surface area contributed by atoms with Crippen molar-refractivity contribution in [2.45, 2.75) is 39.8 Å². The number of hydrogen-bond acceptors (Lipinski definition) is 4. The van der Waals surface area contributed by atoms with Crippen LogP contribution in [-0.2, 0) is 26.2 Å². The van der Waals surface area contributed by atoms with Gasteiger partial charge in [-0.15, -0.1) is 0 Å². The molecule has 0 aliphatic heterocycles. The molecule has 2 aromatic rings. The molecule has 0 bridgehead atoms. The molecule has 0 unspecified atom stereocenters. The lowest BCUT2D eigenvalue weighted by Gasteiger charge is -2.33. The zero-order valence-electron chi connectivity index (χ0n) is 19.1. The van der Waals surface area contributed by atoms with Crippen molar-refractivity contribution in [2.75, 3.05) is 24.2 Å². The fraction of sp³-hybridized carbons (Fsp3) is 0.391. The summed E-state index contributed by atoms with van der Waals surface area (Å²) in [6.45, 7) is 5.24. The standard InChI is InChI=1S/C23H30ClN3O4S/c1-6-20(23(29)25-4)26(14-18-10-12-19(24)13-11-18)22(28)15-27(32(5,30)31)21-9-7-8-16(2)17(21)3/h7-13,20H,6,14-15H2,1-5H3,(H,25,29)/t20-/m0/s1. The maximum absolute atomic E-state index is 13.5. The lowest BCUT2D eigenvalue weighted by atomic mass is 10.1. The van der Waals surface area contributed by atoms with Crippen molar-refractivity contribution in [1.29, 1.82) is 0 Å². The lowest BCUT2D eigenvalue weighted by Crippen LogP contribution is -2.51. The van der Waals surface area contributed by atoms with Crippen molar-refractivity contribution in [3.8, 4) is 0 Å². The number of rotatable bonds is 9. The molecule has 0 heterocycles. The quantitative estimate of drug-likeness (QED) is 0.598. The molecule has 0 aliphatic rings. The Morgan fingerprint density at radius 3 is 2.25 bits per heavy atom. The number of nitrogens with zero attached hydrogens (tertiary/aromatic N) is 2. The van der Waals surface area contributed by atoms with E-state index in [4.69, 9.17) is 11.6 Å². The van der Waals surface area contributed by atoms with E-state index in [1.807, 2.05) is 19.9 Å². The van der Waals surface area contributed by atoms with Gasteiger partial charge in [-0.25, -0.2) is 8.42 Å². The Kier molecular flexibility index (Phi) is 8.69. The number of carbonyl (C=O) groups excluding carboxylic acids is 2. The fourth-order valence-electron chi connectivity index (χ4n) is 3.47. The van der Waals surface area contributed by atoms with Crippen LogP contribution in [0.1, 0.15) is 30.0 Å². The Morgan fingerprint density at radius 2 is 1.72 bits per heavy atom. The van der Waals surface area contributed by atoms with Crippen LogP contribution in [0.5, 0.6) is 0 Å². The highest BCUT2D eigenvalue weighted by Gasteiger charge is 2.31. The minimum atomic E-state index is -3.75. The number of likely N-dealkylation sites (N-methyl/N-ethyl adjacent to an activating group) is 1. The van der Waals surface area contributed by atoms with E-state index in [0.717, 1.165) is 27.3 Å². The molecule has 2 rings (SSSR count). The second-order valence-corrected chi connectivity index (χ2v) is 10.0. The number of halogens is 1. The van der Waals surface area contributed by atoms with Crippen LogP contribution >= 0.6 is 11.6 Å². The van der Waals surface area contributed by atoms with Gasteiger partial charge in [0, 0.05) is 18.6 Å². The van der Waals surface area contributed by atoms with Crippen molar-refractivity contribution in [1.82, 2.24) is 10.2 Å². The van der Waals surface area contributed by atoms with Gasteiger partial charge in [0.2, 0.25) is 21.8 Å². The van der Waals surface area contributed by atoms with Gasteiger partial charge >= 0.3 is 0 Å². The van der Waals surface area contributed by atoms with E-state index in [1.54, 1.807) is 43.3 Å². The molecule has 2 amide bonds. The molecule has 0 radical (unpaired) electrons. The second-order valence-electron chi connectivity index (χ2n) is 7.68. The Hall–Kier alpha value is -2.58. The molecule has 174 valence electrons. The van der Waals surface area contributed by atoms with E-state index in [2.05, 4.69) is 5.32 Å². The molecule has 2 aromatic carbocycles. The topological polar surface area (TPSA) is 86.8 Å². The summed E-state index contributed by atoms with van der Waals surface area (Å²) in [4.78, 5) is 27.4. The van der Waals surface area contributed by atoms with Crippen LogP contribution in [-0.4, -0.2) is 51.0 Å². The predicted octanol–water partition coefficient (Wildman–Crippen LogP) is 3.28. The number of amides is 2. The average molecular weight is 480 g/mol. The van der Waals surface area contributed by atoms with Gasteiger partial charge in [-0.2, -0.15) is 0 Å². The molecule has 0 aliphatic carbocycles. The number of benzene rings is 2. The molecule has 0 aromatic heterocycles. The highest BCUT2D eigenvalue weighted by molar-refractivity contribution is 7.92. The van der Waals surface area contributed by atoms with Gasteiger partial charge in [-0.05, 0) is 55.2 Å². The molecular formula is C23H30ClN3O4S. The van der Waals surface area contributed by atoms with Gasteiger partial charge < -0.3 is 10.2 Å². The SMILES string of the molecule is CC[C@@H](C(=O)NC)N(Cc1ccc(Cl)cc1)C(=O)CN(c1cccc(C)c1C)S(C)(=O)=O. The predicted molar refractivity (Wildman–Crippen MR) is 128 cm³/mol. The summed E-state index contributed by atoms with van der Waals surface area (Å²) in [6, 6.07) is 11.5. The van der Waals surface area contributed by atoms with Crippen LogP contribution in [0.15, 0.2) is 42.5 Å². The van der Waals surface area contributed by atoms with E-state index in [0.29, 0.717) is 17.1 Å². The average Bonchev–Trinajstić information content (AvgIpc) is 2.74. The minimum absolute atomic E-state index is 0.145. The first-order valence-corrected chi connectivity index (χ1v) is 12.5. The highest BCUT2D eigenvalue weighted by atomic mass is 35.5. The molecule has 0 fully saturated rings. The lowest BCUT2D eigenvalue weighted by molar-refractivity contribution is -0.140. The number of nitrogens with one attached hydrogen (secondary N) is 1. The summed E-state index contributed by atoms with van der Waals surface area (Å²) >= 11 is 5.97. The smallest absolute Gasteiger partial charge is 0.244 e. The molecule has 0 saturated carbocycles. The monoisotopic (exact) mass is 479 g/mol. The van der Waals surface area contributed by atoms with E-state index in [1.165, 1.54) is 11.9 Å². The van der Waals surface area contributed by atoms with Crippen LogP contribution < -0.4 is 9.62 Å². The largest absolute Gasteiger partial charge is 0.357 e. The summed E-state index contributed by atoms with van der Waals surface area (Å²) in [6.07, 6.45) is 1.45. The third-order valence-corrected chi connectivity index (χ3v) is 6.80. The van der Waals surface area contributed by atoms with Gasteiger partial charge in [-0.1, -0.05) is 42.8 Å². The Bertz CT molecular complexity index is 1070. The van der Waals surface area contributed by atoms with Crippen molar-refractivity contribution < 1.29 is 18.0 Å². The van der Waals surface area contributed by atoms with Crippen LogP contribution in [0.3, 0.4) is 0 Å². The van der Waals surface area contributed by atoms with Crippen molar-refractivity contribution in [3.05, 3.63) is 64.2 Å². The summed E-state index contributed by atoms with van der Waals surface area (Å²) < 4.78 is 26.4. The first kappa shape index (κ1) is 25.7. The number of hydrogen-bond donors (Lipinski definition) is 1. The van der Waals surface area contributed by atoms with Crippen molar-refractivity contribution in [2.24, 2.45) is 0 Å². The third kappa shape index (κ3) is 6.23. The molecule has 0 spiro atoms. The van der Waals surface area contributed by atoms with Crippen molar-refractivity contribution in [3.63, 3.8) is 0 Å². The molecule has 1 atom stereocenters. The minimum Gasteiger partial charge on any atom is -0.357 e. The Labute approximate surface area is 195 Å². The molecule has 7 nitrogen and oxygen atoms in total. The van der Waals surface area contributed by atoms with Gasteiger partial charge in [0.05, 0.1) is 11.9 Å². The van der Waals surface area contributed by atoms with Crippen LogP contribution in [0.4, 0.5) is 5.69 Å². The highest BCUT2D eigenvalue weighted by Crippen LogP contribution is 2.25. The molecule has 9 heteroatoms. The summed E-state index contributed by atoms with van der Waals surface area (Å²) in [5.41, 5.74) is 2.91. The summed E-state index contributed by atoms with van der Waals surface area (Å²) in [7, 11) is -2.25. The molecule has 0 saturated heterocycles. The summed E-state index contributed by atoms with van der Waals surface area (Å²) in [5, 5.41) is 3.15. The number of aryl methyl sites for hydroxylation is 1. The van der Waals surface area contributed by atoms with Crippen LogP contribution in [0, 0.1) is 13.8 Å². The number of anilines is 1. The molecule has 1 N–H and O–H groups in total. The molecule has 32 heavy (non-hydrogen) atoms. The molecular weight excluding hydrogens is 450 g/mol. The van der Waals surface area contributed by atoms with Crippen molar-refractivity contribution >= 4 is 39.1 Å². The maximum atomic E-state index is 13.5. The maximum Gasteiger partial charge on any atom is 0.244 e. The number of carbonyl (C=O) groups is 2. The van der Waals surface area contributed by atoms with E-state index in [-0.39, 0.29) is 12.5 Å². The second kappa shape index (κ2) is 10.8. The fourth-order valence-corrected chi connectivity index (χ4v) is 4.50. The Morgan fingerprint density at radius 1 is 1.09 bits per heavy atom. The zero-order valence-corrected chi connectivity index (χ0v) is 20.6.